The van der Waals surface area contributed by atoms with Crippen LogP contribution in [0.2, 0.25) is 0 Å². The maximum Gasteiger partial charge on any atom is 0.258 e. The molecule has 7 nitrogen and oxygen atoms in total. The van der Waals surface area contributed by atoms with Crippen molar-refractivity contribution in [2.24, 2.45) is 0 Å². The second kappa shape index (κ2) is 4.62. The number of nitrogen functional groups attached to an aromatic ring is 1. The molecule has 1 aliphatic heterocycles. The Bertz CT molecular complexity index is 669. The molecule has 0 spiro atoms. The van der Waals surface area contributed by atoms with Gasteiger partial charge in [-0.2, -0.15) is 0 Å². The molecule has 1 unspecified atom stereocenters. The fraction of sp³-hybridized carbons (Fsp3) is 0.417. The van der Waals surface area contributed by atoms with Crippen molar-refractivity contribution in [3.8, 4) is 0 Å². The molecule has 0 saturated carbocycles. The van der Waals surface area contributed by atoms with Crippen molar-refractivity contribution in [3.05, 3.63) is 17.8 Å². The Balaban J connectivity index is 2.07. The normalized spacial score (nSPS) is 18.7. The van der Waals surface area contributed by atoms with Gasteiger partial charge in [-0.05, 0) is 12.5 Å². The number of hydrogen-bond acceptors (Lipinski definition) is 5. The summed E-state index contributed by atoms with van der Waals surface area (Å²) in [5.41, 5.74) is 6.37. The second-order valence-electron chi connectivity index (χ2n) is 4.73. The van der Waals surface area contributed by atoms with Crippen molar-refractivity contribution >= 4 is 23.2 Å². The minimum absolute atomic E-state index is 0.124. The lowest BCUT2D eigenvalue weighted by Crippen LogP contribution is -2.22. The van der Waals surface area contributed by atoms with Crippen molar-refractivity contribution in [2.75, 3.05) is 30.8 Å². The van der Waals surface area contributed by atoms with Gasteiger partial charge in [0.1, 0.15) is 17.6 Å². The molecule has 3 N–H and O–H groups in total. The average Bonchev–Trinajstić information content (AvgIpc) is 3.00. The summed E-state index contributed by atoms with van der Waals surface area (Å²) in [4.78, 5) is 18.1. The Morgan fingerprint density at radius 1 is 1.60 bits per heavy atom. The Morgan fingerprint density at radius 2 is 2.40 bits per heavy atom. The summed E-state index contributed by atoms with van der Waals surface area (Å²) in [5, 5.41) is 6.55. The van der Waals surface area contributed by atoms with E-state index in [2.05, 4.69) is 15.4 Å². The van der Waals surface area contributed by atoms with Gasteiger partial charge in [0.2, 0.25) is 0 Å². The molecule has 1 aliphatic rings. The number of nitrogens with one attached hydrogen (secondary N) is 1. The summed E-state index contributed by atoms with van der Waals surface area (Å²) >= 11 is 0. The zero-order valence-corrected chi connectivity index (χ0v) is 11.0. The number of rotatable bonds is 2. The highest BCUT2D eigenvalue weighted by atomic mass is 19.1. The summed E-state index contributed by atoms with van der Waals surface area (Å²) < 4.78 is 14.7. The van der Waals surface area contributed by atoms with Gasteiger partial charge in [-0.1, -0.05) is 0 Å². The number of halogens is 1. The van der Waals surface area contributed by atoms with E-state index in [4.69, 9.17) is 5.73 Å². The van der Waals surface area contributed by atoms with Crippen LogP contribution >= 0.6 is 0 Å². The molecule has 3 rings (SSSR count). The van der Waals surface area contributed by atoms with Gasteiger partial charge in [-0.15, -0.1) is 5.10 Å². The number of nitrogens with two attached hydrogens (primary N) is 1. The Morgan fingerprint density at radius 3 is 3.05 bits per heavy atom. The molecule has 1 fully saturated rings. The smallest absolute Gasteiger partial charge is 0.258 e. The molecule has 1 atom stereocenters. The highest BCUT2D eigenvalue weighted by molar-refractivity contribution is 6.04. The first-order chi connectivity index (χ1) is 9.60. The molecule has 2 aromatic rings. The number of nitrogens with zero attached hydrogens (tertiary/aromatic N) is 4. The first kappa shape index (κ1) is 12.6. The van der Waals surface area contributed by atoms with Gasteiger partial charge in [0.15, 0.2) is 11.5 Å². The van der Waals surface area contributed by atoms with Crippen molar-refractivity contribution in [1.82, 2.24) is 19.9 Å². The van der Waals surface area contributed by atoms with E-state index in [1.165, 1.54) is 11.6 Å². The van der Waals surface area contributed by atoms with E-state index < -0.39 is 6.17 Å². The molecular formula is C12H15FN6O. The number of fused-ring (bicyclic) bond motifs is 1. The third-order valence-corrected chi connectivity index (χ3v) is 3.41. The molecule has 0 radical (unpaired) electrons. The summed E-state index contributed by atoms with van der Waals surface area (Å²) in [5.74, 6) is 0.411. The average molecular weight is 278 g/mol. The fourth-order valence-electron chi connectivity index (χ4n) is 2.38. The van der Waals surface area contributed by atoms with Crippen LogP contribution in [0.25, 0.3) is 5.65 Å². The lowest BCUT2D eigenvalue weighted by atomic mass is 10.3. The third kappa shape index (κ3) is 1.93. The zero-order valence-electron chi connectivity index (χ0n) is 11.0. The van der Waals surface area contributed by atoms with Crippen LogP contribution in [-0.2, 0) is 0 Å². The highest BCUT2D eigenvalue weighted by Crippen LogP contribution is 2.23. The van der Waals surface area contributed by atoms with Crippen LogP contribution < -0.4 is 16.0 Å². The number of hydrogen-bond donors (Lipinski definition) is 2. The van der Waals surface area contributed by atoms with E-state index in [0.717, 1.165) is 0 Å². The second-order valence-corrected chi connectivity index (χ2v) is 4.73. The van der Waals surface area contributed by atoms with E-state index in [1.54, 1.807) is 12.3 Å². The number of aromatic nitrogens is 3. The van der Waals surface area contributed by atoms with Gasteiger partial charge in [-0.3, -0.25) is 4.79 Å². The number of anilines is 2. The SMILES string of the molecule is CNC(=O)c1c(N)nn2ccc(N3CCC(F)C3)nc12. The summed E-state index contributed by atoms with van der Waals surface area (Å²) in [6.07, 6.45) is 1.34. The lowest BCUT2D eigenvalue weighted by Gasteiger charge is -2.16. The van der Waals surface area contributed by atoms with E-state index >= 15 is 0 Å². The van der Waals surface area contributed by atoms with Crippen LogP contribution in [-0.4, -0.2) is 46.8 Å². The highest BCUT2D eigenvalue weighted by Gasteiger charge is 2.24. The molecule has 1 amide bonds. The number of alkyl halides is 1. The summed E-state index contributed by atoms with van der Waals surface area (Å²) in [6, 6.07) is 1.74. The fourth-order valence-corrected chi connectivity index (χ4v) is 2.38. The molecule has 8 heteroatoms. The van der Waals surface area contributed by atoms with Crippen molar-refractivity contribution in [3.63, 3.8) is 0 Å². The molecule has 0 aromatic carbocycles. The number of amides is 1. The Labute approximate surface area is 114 Å². The number of carbonyl (C=O) groups excluding carboxylic acids is 1. The van der Waals surface area contributed by atoms with E-state index in [1.807, 2.05) is 4.90 Å². The first-order valence-electron chi connectivity index (χ1n) is 6.36. The van der Waals surface area contributed by atoms with Crippen molar-refractivity contribution in [1.29, 1.82) is 0 Å². The van der Waals surface area contributed by atoms with Gasteiger partial charge in [0.25, 0.3) is 5.91 Å². The van der Waals surface area contributed by atoms with E-state index in [-0.39, 0.29) is 17.3 Å². The number of carbonyl (C=O) groups is 1. The summed E-state index contributed by atoms with van der Waals surface area (Å²) in [7, 11) is 1.52. The maximum absolute atomic E-state index is 13.3. The zero-order chi connectivity index (χ0) is 14.3. The van der Waals surface area contributed by atoms with Crippen LogP contribution in [0.4, 0.5) is 16.0 Å². The van der Waals surface area contributed by atoms with Gasteiger partial charge in [0, 0.05) is 19.8 Å². The molecule has 20 heavy (non-hydrogen) atoms. The molecule has 0 bridgehead atoms. The topological polar surface area (TPSA) is 88.5 Å². The minimum Gasteiger partial charge on any atom is -0.381 e. The van der Waals surface area contributed by atoms with Crippen molar-refractivity contribution < 1.29 is 9.18 Å². The van der Waals surface area contributed by atoms with Gasteiger partial charge >= 0.3 is 0 Å². The molecule has 3 heterocycles. The quantitative estimate of drug-likeness (QED) is 0.820. The predicted octanol–water partition coefficient (Wildman–Crippen LogP) is 0.219. The predicted molar refractivity (Wildman–Crippen MR) is 72.5 cm³/mol. The minimum atomic E-state index is -0.832. The monoisotopic (exact) mass is 278 g/mol. The van der Waals surface area contributed by atoms with Gasteiger partial charge in [0.05, 0.1) is 6.54 Å². The van der Waals surface area contributed by atoms with Gasteiger partial charge < -0.3 is 16.0 Å². The Hall–Kier alpha value is -2.38. The van der Waals surface area contributed by atoms with Crippen LogP contribution in [0.15, 0.2) is 12.3 Å². The molecular weight excluding hydrogens is 263 g/mol. The molecule has 0 aliphatic carbocycles. The molecule has 2 aromatic heterocycles. The van der Waals surface area contributed by atoms with Crippen LogP contribution in [0.3, 0.4) is 0 Å². The largest absolute Gasteiger partial charge is 0.381 e. The standard InChI is InChI=1S/C12H15FN6O/c1-15-12(20)9-10(14)17-19-5-3-8(16-11(9)19)18-4-2-7(13)6-18/h3,5,7H,2,4,6H2,1H3,(H2,14,17)(H,15,20). The van der Waals surface area contributed by atoms with Crippen molar-refractivity contribution in [2.45, 2.75) is 12.6 Å². The van der Waals surface area contributed by atoms with Gasteiger partial charge in [-0.25, -0.2) is 13.9 Å². The molecule has 106 valence electrons. The van der Waals surface area contributed by atoms with E-state index in [0.29, 0.717) is 31.0 Å². The van der Waals surface area contributed by atoms with E-state index in [9.17, 15) is 9.18 Å². The lowest BCUT2D eigenvalue weighted by molar-refractivity contribution is 0.0965. The Kier molecular flexibility index (Phi) is 2.92. The maximum atomic E-state index is 13.3. The van der Waals surface area contributed by atoms with Crippen LogP contribution in [0, 0.1) is 0 Å². The third-order valence-electron chi connectivity index (χ3n) is 3.41. The summed E-state index contributed by atoms with van der Waals surface area (Å²) in [6.45, 7) is 0.936. The first-order valence-corrected chi connectivity index (χ1v) is 6.36. The van der Waals surface area contributed by atoms with Crippen LogP contribution in [0.5, 0.6) is 0 Å². The van der Waals surface area contributed by atoms with Crippen LogP contribution in [0.1, 0.15) is 16.8 Å². The molecule has 1 saturated heterocycles.